The monoisotopic (exact) mass is 467 g/mol. The molecule has 1 aliphatic rings. The number of rotatable bonds is 8. The fraction of sp³-hybridized carbons (Fsp3) is 0.333. The molecule has 1 amide bonds. The molecule has 0 spiro atoms. The predicted octanol–water partition coefficient (Wildman–Crippen LogP) is 5.47. The second-order valence-corrected chi connectivity index (χ2v) is 9.51. The zero-order valence-corrected chi connectivity index (χ0v) is 19.6. The van der Waals surface area contributed by atoms with E-state index in [0.717, 1.165) is 30.5 Å². The molecule has 2 aromatic heterocycles. The molecule has 0 radical (unpaired) electrons. The summed E-state index contributed by atoms with van der Waals surface area (Å²) in [6.07, 6.45) is 11.5. The molecule has 0 saturated heterocycles. The van der Waals surface area contributed by atoms with Crippen LogP contribution in [0.4, 0.5) is 0 Å². The van der Waals surface area contributed by atoms with Crippen LogP contribution in [-0.2, 0) is 4.79 Å². The Labute approximate surface area is 197 Å². The molecule has 0 unspecified atom stereocenters. The number of halogens is 1. The SMILES string of the molecule is C[C@H](Sc1nnc(-c2ccncc2)n1-c1ccc(Cl)cc1)C(=O)NCCC1=CCCCC1. The highest BCUT2D eigenvalue weighted by Gasteiger charge is 2.22. The van der Waals surface area contributed by atoms with E-state index < -0.39 is 0 Å². The Bertz CT molecular complexity index is 1080. The number of pyridine rings is 1. The fourth-order valence-electron chi connectivity index (χ4n) is 3.69. The number of amides is 1. The zero-order chi connectivity index (χ0) is 22.3. The summed E-state index contributed by atoms with van der Waals surface area (Å²) < 4.78 is 1.95. The number of benzene rings is 1. The number of nitrogens with zero attached hydrogens (tertiary/aromatic N) is 4. The van der Waals surface area contributed by atoms with Gasteiger partial charge in [-0.2, -0.15) is 0 Å². The Hall–Kier alpha value is -2.64. The van der Waals surface area contributed by atoms with E-state index in [9.17, 15) is 4.79 Å². The van der Waals surface area contributed by atoms with Crippen LogP contribution in [0.5, 0.6) is 0 Å². The van der Waals surface area contributed by atoms with Crippen molar-refractivity contribution < 1.29 is 4.79 Å². The minimum absolute atomic E-state index is 0.00234. The number of hydrogen-bond donors (Lipinski definition) is 1. The molecule has 4 rings (SSSR count). The third kappa shape index (κ3) is 5.58. The van der Waals surface area contributed by atoms with Crippen LogP contribution in [0, 0.1) is 0 Å². The lowest BCUT2D eigenvalue weighted by atomic mass is 9.97. The largest absolute Gasteiger partial charge is 0.355 e. The van der Waals surface area contributed by atoms with Gasteiger partial charge in [-0.1, -0.05) is 35.0 Å². The zero-order valence-electron chi connectivity index (χ0n) is 18.0. The molecule has 0 saturated carbocycles. The van der Waals surface area contributed by atoms with Crippen LogP contribution < -0.4 is 5.32 Å². The van der Waals surface area contributed by atoms with Crippen LogP contribution in [-0.4, -0.2) is 37.5 Å². The highest BCUT2D eigenvalue weighted by atomic mass is 35.5. The standard InChI is InChI=1S/C24H26ClN5OS/c1-17(23(31)27-16-11-18-5-3-2-4-6-18)32-24-29-28-22(19-12-14-26-15-13-19)30(24)21-9-7-20(25)8-10-21/h5,7-10,12-15,17H,2-4,6,11,16H2,1H3,(H,27,31)/t17-/m0/s1. The molecule has 1 aliphatic carbocycles. The summed E-state index contributed by atoms with van der Waals surface area (Å²) in [6, 6.07) is 11.3. The summed E-state index contributed by atoms with van der Waals surface area (Å²) in [5.74, 6) is 0.691. The van der Waals surface area contributed by atoms with Gasteiger partial charge in [0.1, 0.15) is 0 Å². The first-order chi connectivity index (χ1) is 15.6. The predicted molar refractivity (Wildman–Crippen MR) is 129 cm³/mol. The number of allylic oxidation sites excluding steroid dienone is 1. The van der Waals surface area contributed by atoms with Gasteiger partial charge in [-0.25, -0.2) is 0 Å². The van der Waals surface area contributed by atoms with Crippen molar-refractivity contribution in [1.82, 2.24) is 25.1 Å². The van der Waals surface area contributed by atoms with E-state index >= 15 is 0 Å². The summed E-state index contributed by atoms with van der Waals surface area (Å²) in [5.41, 5.74) is 3.24. The van der Waals surface area contributed by atoms with Gasteiger partial charge in [0.2, 0.25) is 5.91 Å². The number of aromatic nitrogens is 4. The number of nitrogens with one attached hydrogen (secondary N) is 1. The molecule has 0 fully saturated rings. The van der Waals surface area contributed by atoms with Crippen LogP contribution in [0.3, 0.4) is 0 Å². The minimum Gasteiger partial charge on any atom is -0.355 e. The summed E-state index contributed by atoms with van der Waals surface area (Å²) in [4.78, 5) is 16.8. The van der Waals surface area contributed by atoms with Crippen molar-refractivity contribution in [3.8, 4) is 17.1 Å². The third-order valence-corrected chi connectivity index (χ3v) is 6.73. The van der Waals surface area contributed by atoms with Crippen molar-refractivity contribution in [2.75, 3.05) is 6.54 Å². The maximum atomic E-state index is 12.7. The van der Waals surface area contributed by atoms with Gasteiger partial charge in [0.05, 0.1) is 5.25 Å². The first kappa shape index (κ1) is 22.6. The highest BCUT2D eigenvalue weighted by Crippen LogP contribution is 2.30. The second-order valence-electron chi connectivity index (χ2n) is 7.76. The molecule has 0 bridgehead atoms. The molecule has 0 aliphatic heterocycles. The van der Waals surface area contributed by atoms with Gasteiger partial charge >= 0.3 is 0 Å². The second kappa shape index (κ2) is 10.8. The Morgan fingerprint density at radius 3 is 2.66 bits per heavy atom. The van der Waals surface area contributed by atoms with E-state index in [1.807, 2.05) is 47.9 Å². The quantitative estimate of drug-likeness (QED) is 0.351. The molecule has 166 valence electrons. The van der Waals surface area contributed by atoms with Crippen molar-refractivity contribution in [3.63, 3.8) is 0 Å². The van der Waals surface area contributed by atoms with Gasteiger partial charge in [-0.15, -0.1) is 10.2 Å². The van der Waals surface area contributed by atoms with Crippen LogP contribution in [0.2, 0.25) is 5.02 Å². The van der Waals surface area contributed by atoms with Crippen LogP contribution >= 0.6 is 23.4 Å². The molecule has 3 aromatic rings. The molecule has 1 N–H and O–H groups in total. The lowest BCUT2D eigenvalue weighted by Crippen LogP contribution is -2.32. The molecular weight excluding hydrogens is 442 g/mol. The lowest BCUT2D eigenvalue weighted by Gasteiger charge is -2.15. The van der Waals surface area contributed by atoms with E-state index in [2.05, 4.69) is 26.6 Å². The summed E-state index contributed by atoms with van der Waals surface area (Å²) >= 11 is 7.48. The molecular formula is C24H26ClN5OS. The molecule has 2 heterocycles. The maximum absolute atomic E-state index is 12.7. The molecule has 32 heavy (non-hydrogen) atoms. The fourth-order valence-corrected chi connectivity index (χ4v) is 4.71. The first-order valence-electron chi connectivity index (χ1n) is 10.9. The molecule has 1 atom stereocenters. The number of carbonyl (C=O) groups is 1. The number of thioether (sulfide) groups is 1. The van der Waals surface area contributed by atoms with Crippen molar-refractivity contribution >= 4 is 29.3 Å². The highest BCUT2D eigenvalue weighted by molar-refractivity contribution is 8.00. The number of carbonyl (C=O) groups excluding carboxylic acids is 1. The summed E-state index contributed by atoms with van der Waals surface area (Å²) in [7, 11) is 0. The van der Waals surface area contributed by atoms with Crippen molar-refractivity contribution in [1.29, 1.82) is 0 Å². The van der Waals surface area contributed by atoms with E-state index in [1.54, 1.807) is 12.4 Å². The van der Waals surface area contributed by atoms with Gasteiger partial charge in [-0.3, -0.25) is 14.3 Å². The van der Waals surface area contributed by atoms with E-state index in [4.69, 9.17) is 11.6 Å². The average molecular weight is 468 g/mol. The average Bonchev–Trinajstić information content (AvgIpc) is 3.24. The van der Waals surface area contributed by atoms with Gasteiger partial charge in [0.25, 0.3) is 0 Å². The summed E-state index contributed by atoms with van der Waals surface area (Å²) in [6.45, 7) is 2.56. The smallest absolute Gasteiger partial charge is 0.233 e. The first-order valence-corrected chi connectivity index (χ1v) is 12.1. The Morgan fingerprint density at radius 2 is 1.94 bits per heavy atom. The van der Waals surface area contributed by atoms with Crippen molar-refractivity contribution in [2.45, 2.75) is 49.4 Å². The van der Waals surface area contributed by atoms with Gasteiger partial charge in [-0.05, 0) is 75.4 Å². The minimum atomic E-state index is -0.309. The van der Waals surface area contributed by atoms with Crippen molar-refractivity contribution in [2.24, 2.45) is 0 Å². The normalized spacial score (nSPS) is 14.6. The van der Waals surface area contributed by atoms with Crippen molar-refractivity contribution in [3.05, 3.63) is 65.5 Å². The van der Waals surface area contributed by atoms with Crippen LogP contribution in [0.25, 0.3) is 17.1 Å². The van der Waals surface area contributed by atoms with Crippen LogP contribution in [0.1, 0.15) is 39.0 Å². The van der Waals surface area contributed by atoms with Gasteiger partial charge in [0, 0.05) is 35.2 Å². The molecule has 6 nitrogen and oxygen atoms in total. The Morgan fingerprint density at radius 1 is 1.16 bits per heavy atom. The molecule has 8 heteroatoms. The lowest BCUT2D eigenvalue weighted by molar-refractivity contribution is -0.120. The van der Waals surface area contributed by atoms with E-state index in [1.165, 1.54) is 30.2 Å². The molecule has 1 aromatic carbocycles. The van der Waals surface area contributed by atoms with E-state index in [-0.39, 0.29) is 11.2 Å². The Balaban J connectivity index is 1.50. The van der Waals surface area contributed by atoms with Gasteiger partial charge < -0.3 is 5.32 Å². The maximum Gasteiger partial charge on any atom is 0.233 e. The third-order valence-electron chi connectivity index (χ3n) is 5.44. The van der Waals surface area contributed by atoms with Crippen LogP contribution in [0.15, 0.2) is 65.6 Å². The van der Waals surface area contributed by atoms with Gasteiger partial charge in [0.15, 0.2) is 11.0 Å². The Kier molecular flexibility index (Phi) is 7.60. The number of hydrogen-bond acceptors (Lipinski definition) is 5. The topological polar surface area (TPSA) is 72.7 Å². The summed E-state index contributed by atoms with van der Waals surface area (Å²) in [5, 5.41) is 12.9. The van der Waals surface area contributed by atoms with E-state index in [0.29, 0.717) is 22.5 Å².